The number of aromatic nitrogens is 5. The molecule has 0 aliphatic carbocycles. The summed E-state index contributed by atoms with van der Waals surface area (Å²) >= 11 is 6.40. The molecule has 4 rings (SSSR count). The van der Waals surface area contributed by atoms with E-state index in [1.165, 1.54) is 12.3 Å². The quantitative estimate of drug-likeness (QED) is 0.340. The third-order valence-corrected chi connectivity index (χ3v) is 4.58. The Morgan fingerprint density at radius 2 is 1.97 bits per heavy atom. The minimum absolute atomic E-state index is 0.0633. The number of hydrogen-bond donors (Lipinski definition) is 2. The number of pyridine rings is 1. The molecule has 1 aromatic carbocycles. The van der Waals surface area contributed by atoms with Gasteiger partial charge in [0.2, 0.25) is 0 Å². The van der Waals surface area contributed by atoms with Crippen molar-refractivity contribution in [3.63, 3.8) is 0 Å². The van der Waals surface area contributed by atoms with Gasteiger partial charge >= 0.3 is 0 Å². The van der Waals surface area contributed by atoms with Crippen LogP contribution in [-0.4, -0.2) is 36.4 Å². The molecule has 2 N–H and O–H groups in total. The molecule has 3 aromatic heterocycles. The van der Waals surface area contributed by atoms with E-state index in [9.17, 15) is 10.1 Å². The van der Waals surface area contributed by atoms with Crippen LogP contribution in [0.25, 0.3) is 22.5 Å². The number of H-pyrrole nitrogens is 1. The van der Waals surface area contributed by atoms with Crippen molar-refractivity contribution in [2.24, 2.45) is 0 Å². The molecule has 0 aliphatic rings. The number of aromatic amines is 1. The topological polar surface area (TPSA) is 123 Å². The lowest BCUT2D eigenvalue weighted by Crippen LogP contribution is -2.08. The van der Waals surface area contributed by atoms with Gasteiger partial charge in [0, 0.05) is 41.4 Å². The molecule has 4 aromatic rings. The molecule has 0 aliphatic heterocycles. The Bertz CT molecular complexity index is 1160. The average Bonchev–Trinajstić information content (AvgIpc) is 3.29. The fourth-order valence-corrected chi connectivity index (χ4v) is 3.02. The molecular formula is C20H15ClN7O2. The number of nitro groups is 1. The van der Waals surface area contributed by atoms with E-state index in [0.29, 0.717) is 28.9 Å². The molecule has 0 fully saturated rings. The summed E-state index contributed by atoms with van der Waals surface area (Å²) in [5.41, 5.74) is 2.96. The van der Waals surface area contributed by atoms with Crippen LogP contribution < -0.4 is 5.32 Å². The van der Waals surface area contributed by atoms with Gasteiger partial charge in [0.05, 0.1) is 28.8 Å². The van der Waals surface area contributed by atoms with Gasteiger partial charge in [0.15, 0.2) is 0 Å². The highest BCUT2D eigenvalue weighted by atomic mass is 35.5. The third-order valence-electron chi connectivity index (χ3n) is 4.25. The summed E-state index contributed by atoms with van der Waals surface area (Å²) in [5.74, 6) is 1.01. The highest BCUT2D eigenvalue weighted by molar-refractivity contribution is 6.33. The lowest BCUT2D eigenvalue weighted by Gasteiger charge is -2.11. The third kappa shape index (κ3) is 4.26. The van der Waals surface area contributed by atoms with Crippen LogP contribution in [0.1, 0.15) is 5.82 Å². The fraction of sp³-hybridized carbons (Fsp3) is 0.0500. The van der Waals surface area contributed by atoms with Crippen LogP contribution in [0.3, 0.4) is 0 Å². The van der Waals surface area contributed by atoms with E-state index >= 15 is 0 Å². The minimum Gasteiger partial charge on any atom is -0.369 e. The van der Waals surface area contributed by atoms with Gasteiger partial charge in [-0.15, -0.1) is 0 Å². The summed E-state index contributed by atoms with van der Waals surface area (Å²) in [4.78, 5) is 30.5. The second kappa shape index (κ2) is 8.66. The number of benzene rings is 1. The Hall–Kier alpha value is -3.85. The van der Waals surface area contributed by atoms with Crippen molar-refractivity contribution in [2.75, 3.05) is 11.9 Å². The van der Waals surface area contributed by atoms with Crippen molar-refractivity contribution in [3.8, 4) is 22.5 Å². The maximum absolute atomic E-state index is 10.7. The normalized spacial score (nSPS) is 10.7. The van der Waals surface area contributed by atoms with E-state index in [2.05, 4.69) is 30.2 Å². The number of halogens is 1. The molecule has 0 bridgehead atoms. The smallest absolute Gasteiger partial charge is 0.287 e. The number of nitrogens with zero attached hydrogens (tertiary/aromatic N) is 5. The van der Waals surface area contributed by atoms with Crippen molar-refractivity contribution in [3.05, 3.63) is 88.7 Å². The number of hydrogen-bond acceptors (Lipinski definition) is 7. The van der Waals surface area contributed by atoms with Crippen LogP contribution in [0.4, 0.5) is 11.5 Å². The number of nitrogens with one attached hydrogen (secondary N) is 2. The predicted molar refractivity (Wildman–Crippen MR) is 113 cm³/mol. The van der Waals surface area contributed by atoms with Gasteiger partial charge in [-0.3, -0.25) is 10.1 Å². The zero-order chi connectivity index (χ0) is 20.9. The standard InChI is InChI=1S/C20H15ClN7O2/c21-16-4-2-1-3-14(16)20-15(17-11-22-12-26-17)10-25-19(27-20)7-8-23-18-6-5-13(9-24-18)28(29)30/h1-7,9-12H,8H2,(H,22,26)(H,23,24). The van der Waals surface area contributed by atoms with Crippen LogP contribution >= 0.6 is 11.6 Å². The van der Waals surface area contributed by atoms with E-state index < -0.39 is 4.92 Å². The van der Waals surface area contributed by atoms with Gasteiger partial charge in [-0.1, -0.05) is 29.8 Å². The first kappa shape index (κ1) is 19.5. The SMILES string of the molecule is O=[N+]([O-])c1ccc(NC[CH]c2ncc(-c3cnc[nH]3)c(-c3ccccc3Cl)n2)nc1. The van der Waals surface area contributed by atoms with Gasteiger partial charge in [-0.2, -0.15) is 0 Å². The van der Waals surface area contributed by atoms with Gasteiger partial charge < -0.3 is 10.3 Å². The van der Waals surface area contributed by atoms with E-state index in [4.69, 9.17) is 11.6 Å². The highest BCUT2D eigenvalue weighted by Crippen LogP contribution is 2.33. The van der Waals surface area contributed by atoms with Gasteiger partial charge in [-0.25, -0.2) is 19.9 Å². The molecule has 0 saturated carbocycles. The van der Waals surface area contributed by atoms with Crippen molar-refractivity contribution < 1.29 is 4.92 Å². The molecule has 30 heavy (non-hydrogen) atoms. The summed E-state index contributed by atoms with van der Waals surface area (Å²) < 4.78 is 0. The number of anilines is 1. The Kier molecular flexibility index (Phi) is 5.62. The van der Waals surface area contributed by atoms with Crippen molar-refractivity contribution in [1.29, 1.82) is 0 Å². The average molecular weight is 421 g/mol. The van der Waals surface area contributed by atoms with Crippen molar-refractivity contribution >= 4 is 23.1 Å². The maximum atomic E-state index is 10.7. The minimum atomic E-state index is -0.492. The molecule has 10 heteroatoms. The van der Waals surface area contributed by atoms with Crippen LogP contribution in [0.5, 0.6) is 0 Å². The molecule has 9 nitrogen and oxygen atoms in total. The summed E-state index contributed by atoms with van der Waals surface area (Å²) in [6.07, 6.45) is 8.00. The molecule has 0 unspecified atom stereocenters. The van der Waals surface area contributed by atoms with E-state index in [-0.39, 0.29) is 5.69 Å². The first-order chi connectivity index (χ1) is 14.6. The molecule has 0 atom stereocenters. The van der Waals surface area contributed by atoms with Crippen LogP contribution in [-0.2, 0) is 0 Å². The molecule has 0 spiro atoms. The molecule has 3 heterocycles. The second-order valence-corrected chi connectivity index (χ2v) is 6.59. The van der Waals surface area contributed by atoms with E-state index in [1.807, 2.05) is 18.2 Å². The van der Waals surface area contributed by atoms with Crippen molar-refractivity contribution in [1.82, 2.24) is 24.9 Å². The molecule has 149 valence electrons. The lowest BCUT2D eigenvalue weighted by molar-refractivity contribution is -0.385. The van der Waals surface area contributed by atoms with Gasteiger partial charge in [-0.05, 0) is 12.1 Å². The Morgan fingerprint density at radius 1 is 1.10 bits per heavy atom. The molecular weight excluding hydrogens is 406 g/mol. The first-order valence-corrected chi connectivity index (χ1v) is 9.28. The first-order valence-electron chi connectivity index (χ1n) is 8.90. The van der Waals surface area contributed by atoms with Crippen LogP contribution in [0.15, 0.2) is 61.3 Å². The fourth-order valence-electron chi connectivity index (χ4n) is 2.80. The van der Waals surface area contributed by atoms with E-state index in [0.717, 1.165) is 16.8 Å². The van der Waals surface area contributed by atoms with E-state index in [1.54, 1.807) is 37.3 Å². The van der Waals surface area contributed by atoms with Crippen LogP contribution in [0.2, 0.25) is 5.02 Å². The highest BCUT2D eigenvalue weighted by Gasteiger charge is 2.15. The summed E-state index contributed by atoms with van der Waals surface area (Å²) in [6.45, 7) is 0.385. The Morgan fingerprint density at radius 3 is 2.67 bits per heavy atom. The van der Waals surface area contributed by atoms with Crippen molar-refractivity contribution in [2.45, 2.75) is 0 Å². The van der Waals surface area contributed by atoms with Crippen LogP contribution in [0, 0.1) is 16.5 Å². The zero-order valence-corrected chi connectivity index (χ0v) is 16.2. The van der Waals surface area contributed by atoms with Gasteiger partial charge in [0.1, 0.15) is 17.8 Å². The molecule has 0 saturated heterocycles. The molecule has 0 amide bonds. The maximum Gasteiger partial charge on any atom is 0.287 e. The number of imidazole rings is 1. The monoisotopic (exact) mass is 420 g/mol. The predicted octanol–water partition coefficient (Wildman–Crippen LogP) is 4.15. The summed E-state index contributed by atoms with van der Waals surface area (Å²) in [5, 5.41) is 14.3. The summed E-state index contributed by atoms with van der Waals surface area (Å²) in [7, 11) is 0. The largest absolute Gasteiger partial charge is 0.369 e. The van der Waals surface area contributed by atoms with Gasteiger partial charge in [0.25, 0.3) is 5.69 Å². The zero-order valence-electron chi connectivity index (χ0n) is 15.5. The second-order valence-electron chi connectivity index (χ2n) is 6.18. The Labute approximate surface area is 176 Å². The summed E-state index contributed by atoms with van der Waals surface area (Å²) in [6, 6.07) is 10.4. The lowest BCUT2D eigenvalue weighted by atomic mass is 10.0. The molecule has 1 radical (unpaired) electrons. The Balaban J connectivity index is 1.55. The number of rotatable bonds is 7.